The van der Waals surface area contributed by atoms with Crippen LogP contribution in [0.25, 0.3) is 0 Å². The number of rotatable bonds is 5. The van der Waals surface area contributed by atoms with E-state index in [0.717, 1.165) is 0 Å². The van der Waals surface area contributed by atoms with Crippen LogP contribution in [0.4, 0.5) is 0 Å². The Bertz CT molecular complexity index is 305. The van der Waals surface area contributed by atoms with Gasteiger partial charge >= 0.3 is 5.97 Å². The number of amides is 1. The zero-order chi connectivity index (χ0) is 12.0. The Morgan fingerprint density at radius 2 is 1.87 bits per heavy atom. The maximum absolute atomic E-state index is 11.8. The maximum Gasteiger partial charge on any atom is 0.331 e. The van der Waals surface area contributed by atoms with Crippen LogP contribution in [0, 0.1) is 0 Å². The molecule has 0 bridgehead atoms. The molecule has 0 radical (unpaired) electrons. The van der Waals surface area contributed by atoms with E-state index in [2.05, 4.69) is 6.58 Å². The second-order valence-electron chi connectivity index (χ2n) is 3.19. The number of carboxylic acids is 1. The molecule has 0 heterocycles. The van der Waals surface area contributed by atoms with Crippen molar-refractivity contribution in [3.63, 3.8) is 0 Å². The van der Waals surface area contributed by atoms with Gasteiger partial charge in [0.05, 0.1) is 0 Å². The number of hydrogen-bond donors (Lipinski definition) is 1. The first-order chi connectivity index (χ1) is 6.95. The topological polar surface area (TPSA) is 57.6 Å². The minimum atomic E-state index is -1.06. The Kier molecular flexibility index (Phi) is 5.37. The van der Waals surface area contributed by atoms with E-state index in [1.165, 1.54) is 18.7 Å². The van der Waals surface area contributed by atoms with Crippen LogP contribution in [0.5, 0.6) is 0 Å². The van der Waals surface area contributed by atoms with Crippen LogP contribution >= 0.6 is 0 Å². The first-order valence-corrected chi connectivity index (χ1v) is 4.76. The van der Waals surface area contributed by atoms with E-state index < -0.39 is 5.97 Å². The lowest BCUT2D eigenvalue weighted by atomic mass is 10.1. The molecule has 15 heavy (non-hydrogen) atoms. The van der Waals surface area contributed by atoms with Gasteiger partial charge in [-0.3, -0.25) is 4.79 Å². The first kappa shape index (κ1) is 13.4. The van der Waals surface area contributed by atoms with Gasteiger partial charge < -0.3 is 10.0 Å². The molecule has 0 rings (SSSR count). The fourth-order valence-corrected chi connectivity index (χ4v) is 1.07. The van der Waals surface area contributed by atoms with Gasteiger partial charge in [-0.1, -0.05) is 6.08 Å². The predicted molar refractivity (Wildman–Crippen MR) is 58.5 cm³/mol. The van der Waals surface area contributed by atoms with Crippen molar-refractivity contribution in [2.24, 2.45) is 0 Å². The highest BCUT2D eigenvalue weighted by molar-refractivity contribution is 6.01. The van der Waals surface area contributed by atoms with Crippen LogP contribution in [0.3, 0.4) is 0 Å². The normalized spacial score (nSPS) is 11.7. The minimum Gasteiger partial charge on any atom is -0.478 e. The quantitative estimate of drug-likeness (QED) is 0.553. The number of carboxylic acid groups (broad SMARTS) is 1. The molecule has 0 saturated heterocycles. The number of likely N-dealkylation sites (N-methyl/N-ethyl adjacent to an activating group) is 1. The molecule has 84 valence electrons. The van der Waals surface area contributed by atoms with Crippen molar-refractivity contribution in [3.8, 4) is 0 Å². The van der Waals surface area contributed by atoms with Crippen LogP contribution < -0.4 is 0 Å². The monoisotopic (exact) mass is 211 g/mol. The molecule has 0 aliphatic carbocycles. The standard InChI is InChI=1S/C11H17NO3/c1-5-7-12(6-2)10(13)8(3)9(4)11(14)15/h5H,1,6-7H2,2-4H3,(H,14,15)/b9-8-. The van der Waals surface area contributed by atoms with Crippen molar-refractivity contribution in [2.45, 2.75) is 20.8 Å². The number of carbonyl (C=O) groups is 2. The molecule has 0 aliphatic heterocycles. The van der Waals surface area contributed by atoms with Crippen LogP contribution in [-0.4, -0.2) is 35.0 Å². The lowest BCUT2D eigenvalue weighted by molar-refractivity contribution is -0.133. The maximum atomic E-state index is 11.8. The van der Waals surface area contributed by atoms with Crippen molar-refractivity contribution in [2.75, 3.05) is 13.1 Å². The van der Waals surface area contributed by atoms with Gasteiger partial charge in [-0.15, -0.1) is 6.58 Å². The molecule has 0 fully saturated rings. The Labute approximate surface area is 89.9 Å². The highest BCUT2D eigenvalue weighted by Crippen LogP contribution is 2.08. The Hall–Kier alpha value is -1.58. The zero-order valence-electron chi connectivity index (χ0n) is 9.41. The molecule has 0 aromatic rings. The van der Waals surface area contributed by atoms with Gasteiger partial charge in [-0.25, -0.2) is 4.79 Å². The summed E-state index contributed by atoms with van der Waals surface area (Å²) >= 11 is 0. The molecular formula is C11H17NO3. The van der Waals surface area contributed by atoms with Crippen LogP contribution in [0.1, 0.15) is 20.8 Å². The molecule has 0 aromatic heterocycles. The van der Waals surface area contributed by atoms with Crippen molar-refractivity contribution >= 4 is 11.9 Å². The SMILES string of the molecule is C=CCN(CC)C(=O)/C(C)=C(/C)C(=O)O. The van der Waals surface area contributed by atoms with Gasteiger partial charge in [0.1, 0.15) is 0 Å². The molecule has 1 amide bonds. The van der Waals surface area contributed by atoms with Crippen molar-refractivity contribution in [1.82, 2.24) is 4.90 Å². The Balaban J connectivity index is 4.90. The van der Waals surface area contributed by atoms with E-state index in [9.17, 15) is 9.59 Å². The van der Waals surface area contributed by atoms with E-state index in [-0.39, 0.29) is 17.1 Å². The van der Waals surface area contributed by atoms with Crippen LogP contribution in [-0.2, 0) is 9.59 Å². The van der Waals surface area contributed by atoms with Gasteiger partial charge in [0.15, 0.2) is 0 Å². The van der Waals surface area contributed by atoms with Gasteiger partial charge in [0.25, 0.3) is 0 Å². The third kappa shape index (κ3) is 3.58. The highest BCUT2D eigenvalue weighted by Gasteiger charge is 2.16. The summed E-state index contributed by atoms with van der Waals surface area (Å²) in [4.78, 5) is 24.0. The molecule has 0 aliphatic rings. The first-order valence-electron chi connectivity index (χ1n) is 4.76. The second-order valence-corrected chi connectivity index (χ2v) is 3.19. The van der Waals surface area contributed by atoms with E-state index in [1.807, 2.05) is 6.92 Å². The Morgan fingerprint density at radius 3 is 2.20 bits per heavy atom. The average Bonchev–Trinajstić information content (AvgIpc) is 2.22. The van der Waals surface area contributed by atoms with E-state index in [1.54, 1.807) is 6.08 Å². The summed E-state index contributed by atoms with van der Waals surface area (Å²) in [6.45, 7) is 9.30. The number of hydrogen-bond acceptors (Lipinski definition) is 2. The molecule has 0 atom stereocenters. The number of carbonyl (C=O) groups excluding carboxylic acids is 1. The summed E-state index contributed by atoms with van der Waals surface area (Å²) in [5.74, 6) is -1.31. The van der Waals surface area contributed by atoms with Gasteiger partial charge in [0, 0.05) is 24.2 Å². The predicted octanol–water partition coefficient (Wildman–Crippen LogP) is 1.44. The van der Waals surface area contributed by atoms with Gasteiger partial charge in [-0.2, -0.15) is 0 Å². The third-order valence-electron chi connectivity index (χ3n) is 2.22. The second kappa shape index (κ2) is 6.01. The molecule has 0 aromatic carbocycles. The molecule has 0 unspecified atom stereocenters. The summed E-state index contributed by atoms with van der Waals surface area (Å²) in [7, 11) is 0. The van der Waals surface area contributed by atoms with Crippen molar-refractivity contribution < 1.29 is 14.7 Å². The fraction of sp³-hybridized carbons (Fsp3) is 0.455. The van der Waals surface area contributed by atoms with E-state index in [4.69, 9.17) is 5.11 Å². The molecule has 4 nitrogen and oxygen atoms in total. The van der Waals surface area contributed by atoms with Crippen LogP contribution in [0.15, 0.2) is 23.8 Å². The summed E-state index contributed by atoms with van der Waals surface area (Å²) < 4.78 is 0. The van der Waals surface area contributed by atoms with E-state index >= 15 is 0 Å². The Morgan fingerprint density at radius 1 is 1.33 bits per heavy atom. The summed E-state index contributed by atoms with van der Waals surface area (Å²) in [6.07, 6.45) is 1.62. The lowest BCUT2D eigenvalue weighted by Crippen LogP contribution is -2.32. The number of aliphatic carboxylic acids is 1. The number of nitrogens with zero attached hydrogens (tertiary/aromatic N) is 1. The van der Waals surface area contributed by atoms with Crippen LogP contribution in [0.2, 0.25) is 0 Å². The fourth-order valence-electron chi connectivity index (χ4n) is 1.07. The zero-order valence-corrected chi connectivity index (χ0v) is 9.41. The summed E-state index contributed by atoms with van der Waals surface area (Å²) in [6, 6.07) is 0. The molecule has 0 saturated carbocycles. The highest BCUT2D eigenvalue weighted by atomic mass is 16.4. The molecular weight excluding hydrogens is 194 g/mol. The summed E-state index contributed by atoms with van der Waals surface area (Å²) in [5.41, 5.74) is 0.355. The van der Waals surface area contributed by atoms with Gasteiger partial charge in [-0.05, 0) is 20.8 Å². The third-order valence-corrected chi connectivity index (χ3v) is 2.22. The smallest absolute Gasteiger partial charge is 0.331 e. The average molecular weight is 211 g/mol. The van der Waals surface area contributed by atoms with Crippen molar-refractivity contribution in [1.29, 1.82) is 0 Å². The molecule has 0 spiro atoms. The van der Waals surface area contributed by atoms with E-state index in [0.29, 0.717) is 13.1 Å². The molecule has 1 N–H and O–H groups in total. The lowest BCUT2D eigenvalue weighted by Gasteiger charge is -2.19. The summed E-state index contributed by atoms with van der Waals surface area (Å²) in [5, 5.41) is 8.74. The van der Waals surface area contributed by atoms with Crippen molar-refractivity contribution in [3.05, 3.63) is 23.8 Å². The van der Waals surface area contributed by atoms with Gasteiger partial charge in [0.2, 0.25) is 5.91 Å². The molecule has 4 heteroatoms. The largest absolute Gasteiger partial charge is 0.478 e. The minimum absolute atomic E-state index is 0.0857.